The number of hydrogen-bond donors (Lipinski definition) is 1. The molecule has 2 unspecified atom stereocenters. The number of nitrogens with zero attached hydrogens (tertiary/aromatic N) is 2. The molecule has 6 heteroatoms. The average Bonchev–Trinajstić information content (AvgIpc) is 2.68. The van der Waals surface area contributed by atoms with Gasteiger partial charge in [0.2, 0.25) is 0 Å². The lowest BCUT2D eigenvalue weighted by molar-refractivity contribution is -0.165. The number of carbonyl (C=O) groups excluding carboxylic acids is 1. The van der Waals surface area contributed by atoms with E-state index in [1.54, 1.807) is 7.11 Å². The quantitative estimate of drug-likeness (QED) is 0.787. The van der Waals surface area contributed by atoms with Gasteiger partial charge >= 0.3 is 5.97 Å². The minimum Gasteiger partial charge on any atom is -0.507 e. The second-order valence-corrected chi connectivity index (χ2v) is 8.50. The van der Waals surface area contributed by atoms with Crippen molar-refractivity contribution < 1.29 is 19.4 Å². The summed E-state index contributed by atoms with van der Waals surface area (Å²) in [6, 6.07) is 11.4. The van der Waals surface area contributed by atoms with Crippen LogP contribution in [0.2, 0.25) is 0 Å². The van der Waals surface area contributed by atoms with Gasteiger partial charge in [-0.15, -0.1) is 0 Å². The molecule has 2 aromatic rings. The number of aryl methyl sites for hydroxylation is 1. The van der Waals surface area contributed by atoms with Gasteiger partial charge < -0.3 is 19.5 Å². The van der Waals surface area contributed by atoms with Crippen LogP contribution < -0.4 is 4.90 Å². The Labute approximate surface area is 172 Å². The Morgan fingerprint density at radius 3 is 2.62 bits per heavy atom. The van der Waals surface area contributed by atoms with Gasteiger partial charge in [0.15, 0.2) is 0 Å². The predicted molar refractivity (Wildman–Crippen MR) is 113 cm³/mol. The highest BCUT2D eigenvalue weighted by Crippen LogP contribution is 2.32. The first-order valence-electron chi connectivity index (χ1n) is 9.96. The van der Waals surface area contributed by atoms with E-state index in [4.69, 9.17) is 14.5 Å². The van der Waals surface area contributed by atoms with E-state index in [1.807, 2.05) is 64.1 Å². The number of aromatic nitrogens is 1. The maximum atomic E-state index is 12.6. The number of hydrogen-bond acceptors (Lipinski definition) is 6. The van der Waals surface area contributed by atoms with E-state index in [0.29, 0.717) is 30.8 Å². The van der Waals surface area contributed by atoms with Crippen LogP contribution in [0, 0.1) is 12.8 Å². The highest BCUT2D eigenvalue weighted by molar-refractivity contribution is 5.74. The van der Waals surface area contributed by atoms with E-state index in [2.05, 4.69) is 4.90 Å². The van der Waals surface area contributed by atoms with Crippen LogP contribution in [0.25, 0.3) is 11.3 Å². The summed E-state index contributed by atoms with van der Waals surface area (Å²) in [5.41, 5.74) is 1.72. The van der Waals surface area contributed by atoms with Crippen LogP contribution in [0.15, 0.2) is 36.4 Å². The molecule has 1 N–H and O–H groups in total. The molecule has 2 atom stereocenters. The second-order valence-electron chi connectivity index (χ2n) is 8.50. The minimum absolute atomic E-state index is 0.213. The molecule has 1 aromatic heterocycles. The van der Waals surface area contributed by atoms with Gasteiger partial charge in [-0.3, -0.25) is 4.79 Å². The number of ether oxygens (including phenoxy) is 2. The van der Waals surface area contributed by atoms with Crippen molar-refractivity contribution in [1.82, 2.24) is 4.98 Å². The predicted octanol–water partition coefficient (Wildman–Crippen LogP) is 3.95. The monoisotopic (exact) mass is 398 g/mol. The lowest BCUT2D eigenvalue weighted by Gasteiger charge is -2.38. The van der Waals surface area contributed by atoms with Gasteiger partial charge in [0, 0.05) is 25.8 Å². The maximum absolute atomic E-state index is 12.6. The minimum atomic E-state index is -0.516. The van der Waals surface area contributed by atoms with Crippen molar-refractivity contribution in [2.75, 3.05) is 25.1 Å². The SMILES string of the molecule is COC1CN(c2cccc(-c3cccc(C)c3O)n2)CCC1C(=O)OC(C)(C)C. The smallest absolute Gasteiger partial charge is 0.312 e. The molecule has 0 spiro atoms. The molecule has 1 aliphatic heterocycles. The molecule has 156 valence electrons. The molecule has 1 aliphatic rings. The van der Waals surface area contributed by atoms with E-state index >= 15 is 0 Å². The molecule has 2 heterocycles. The molecule has 3 rings (SSSR count). The third-order valence-electron chi connectivity index (χ3n) is 5.14. The van der Waals surface area contributed by atoms with Crippen LogP contribution in [0.5, 0.6) is 5.75 Å². The van der Waals surface area contributed by atoms with Crippen molar-refractivity contribution in [1.29, 1.82) is 0 Å². The Hall–Kier alpha value is -2.60. The Kier molecular flexibility index (Phi) is 6.13. The van der Waals surface area contributed by atoms with Crippen molar-refractivity contribution in [2.24, 2.45) is 5.92 Å². The number of rotatable bonds is 4. The molecule has 0 bridgehead atoms. The van der Waals surface area contributed by atoms with E-state index < -0.39 is 5.60 Å². The van der Waals surface area contributed by atoms with Crippen molar-refractivity contribution in [3.05, 3.63) is 42.0 Å². The summed E-state index contributed by atoms with van der Waals surface area (Å²) in [6.45, 7) is 8.72. The number of carbonyl (C=O) groups is 1. The molecular formula is C23H30N2O4. The zero-order valence-electron chi connectivity index (χ0n) is 17.8. The zero-order valence-corrected chi connectivity index (χ0v) is 17.8. The van der Waals surface area contributed by atoms with Crippen molar-refractivity contribution in [3.8, 4) is 17.0 Å². The largest absolute Gasteiger partial charge is 0.507 e. The normalized spacial score (nSPS) is 19.8. The molecular weight excluding hydrogens is 368 g/mol. The maximum Gasteiger partial charge on any atom is 0.312 e. The number of aromatic hydroxyl groups is 1. The number of benzene rings is 1. The Morgan fingerprint density at radius 1 is 1.21 bits per heavy atom. The molecule has 1 saturated heterocycles. The van der Waals surface area contributed by atoms with Crippen LogP contribution >= 0.6 is 0 Å². The van der Waals surface area contributed by atoms with Crippen LogP contribution in [0.3, 0.4) is 0 Å². The van der Waals surface area contributed by atoms with Gasteiger partial charge in [-0.05, 0) is 57.9 Å². The van der Waals surface area contributed by atoms with Crippen molar-refractivity contribution in [3.63, 3.8) is 0 Å². The van der Waals surface area contributed by atoms with Crippen LogP contribution in [-0.2, 0) is 14.3 Å². The summed E-state index contributed by atoms with van der Waals surface area (Å²) in [5.74, 6) is 0.540. The van der Waals surface area contributed by atoms with Gasteiger partial charge in [-0.2, -0.15) is 0 Å². The first kappa shape index (κ1) is 21.1. The Bertz CT molecular complexity index is 875. The molecule has 29 heavy (non-hydrogen) atoms. The number of phenolic OH excluding ortho intramolecular Hbond substituents is 1. The molecule has 0 radical (unpaired) electrons. The third-order valence-corrected chi connectivity index (χ3v) is 5.14. The summed E-state index contributed by atoms with van der Waals surface area (Å²) in [6.07, 6.45) is 0.367. The number of esters is 1. The number of anilines is 1. The van der Waals surface area contributed by atoms with Gasteiger partial charge in [-0.25, -0.2) is 4.98 Å². The van der Waals surface area contributed by atoms with E-state index in [1.165, 1.54) is 0 Å². The number of methoxy groups -OCH3 is 1. The lowest BCUT2D eigenvalue weighted by Crippen LogP contribution is -2.49. The summed E-state index contributed by atoms with van der Waals surface area (Å²) < 4.78 is 11.2. The zero-order chi connectivity index (χ0) is 21.2. The molecule has 0 amide bonds. The summed E-state index contributed by atoms with van der Waals surface area (Å²) in [5, 5.41) is 10.4. The summed E-state index contributed by atoms with van der Waals surface area (Å²) >= 11 is 0. The third kappa shape index (κ3) is 4.88. The summed E-state index contributed by atoms with van der Waals surface area (Å²) in [7, 11) is 1.63. The van der Waals surface area contributed by atoms with Gasteiger partial charge in [-0.1, -0.05) is 18.2 Å². The fourth-order valence-corrected chi connectivity index (χ4v) is 3.63. The number of para-hydroxylation sites is 1. The first-order chi connectivity index (χ1) is 13.7. The van der Waals surface area contributed by atoms with E-state index in [9.17, 15) is 9.90 Å². The highest BCUT2D eigenvalue weighted by Gasteiger charge is 2.37. The number of phenols is 1. The molecule has 0 aliphatic carbocycles. The Balaban J connectivity index is 1.79. The lowest BCUT2D eigenvalue weighted by atomic mass is 9.93. The van der Waals surface area contributed by atoms with Crippen LogP contribution in [-0.4, -0.2) is 48.0 Å². The van der Waals surface area contributed by atoms with Gasteiger partial charge in [0.1, 0.15) is 17.2 Å². The topological polar surface area (TPSA) is 71.9 Å². The van der Waals surface area contributed by atoms with Crippen molar-refractivity contribution >= 4 is 11.8 Å². The summed E-state index contributed by atoms with van der Waals surface area (Å²) in [4.78, 5) is 19.4. The number of pyridine rings is 1. The van der Waals surface area contributed by atoms with Crippen LogP contribution in [0.4, 0.5) is 5.82 Å². The van der Waals surface area contributed by atoms with Gasteiger partial charge in [0.05, 0.1) is 17.7 Å². The highest BCUT2D eigenvalue weighted by atomic mass is 16.6. The second kappa shape index (κ2) is 8.41. The van der Waals surface area contributed by atoms with Crippen LogP contribution in [0.1, 0.15) is 32.8 Å². The van der Waals surface area contributed by atoms with Crippen molar-refractivity contribution in [2.45, 2.75) is 45.8 Å². The van der Waals surface area contributed by atoms with E-state index in [0.717, 1.165) is 11.4 Å². The first-order valence-corrected chi connectivity index (χ1v) is 9.96. The Morgan fingerprint density at radius 2 is 1.93 bits per heavy atom. The molecule has 0 saturated carbocycles. The molecule has 1 fully saturated rings. The van der Waals surface area contributed by atoms with E-state index in [-0.39, 0.29) is 23.7 Å². The fraction of sp³-hybridized carbons (Fsp3) is 0.478. The average molecular weight is 399 g/mol. The molecule has 1 aromatic carbocycles. The molecule has 6 nitrogen and oxygen atoms in total. The fourth-order valence-electron chi connectivity index (χ4n) is 3.63. The standard InChI is InChI=1S/C23H30N2O4/c1-15-8-6-9-16(21(15)26)18-10-7-11-20(24-18)25-13-12-17(19(14-25)28-5)22(27)29-23(2,3)4/h6-11,17,19,26H,12-14H2,1-5H3. The number of piperidine rings is 1. The van der Waals surface area contributed by atoms with Gasteiger partial charge in [0.25, 0.3) is 0 Å².